The van der Waals surface area contributed by atoms with E-state index in [1.165, 1.54) is 44.3 Å². The van der Waals surface area contributed by atoms with E-state index in [0.717, 1.165) is 9.80 Å². The third-order valence-electron chi connectivity index (χ3n) is 8.32. The molecular weight excluding hydrogens is 670 g/mol. The first kappa shape index (κ1) is 30.8. The zero-order valence-electron chi connectivity index (χ0n) is 22.8. The molecule has 1 N–H and O–H groups in total. The van der Waals surface area contributed by atoms with E-state index in [1.807, 2.05) is 0 Å². The maximum absolute atomic E-state index is 15.2. The van der Waals surface area contributed by atoms with Crippen LogP contribution in [0.5, 0.6) is 0 Å². The molecule has 3 aliphatic rings. The molecule has 1 aromatic heterocycles. The molecule has 0 unspecified atom stereocenters. The van der Waals surface area contributed by atoms with Crippen molar-refractivity contribution in [1.29, 1.82) is 0 Å². The fraction of sp³-hybridized carbons (Fsp3) is 0.357. The molecule has 2 saturated heterocycles. The Bertz CT molecular complexity index is 1780. The number of hydrogen-bond acceptors (Lipinski definition) is 8. The highest BCUT2D eigenvalue weighted by Gasteiger charge is 2.75. The quantitative estimate of drug-likeness (QED) is 0.340. The number of nitrogens with one attached hydrogen (secondary N) is 1. The van der Waals surface area contributed by atoms with Crippen molar-refractivity contribution in [2.24, 2.45) is 11.8 Å². The summed E-state index contributed by atoms with van der Waals surface area (Å²) in [5.74, 6) is -10.4. The summed E-state index contributed by atoms with van der Waals surface area (Å²) in [5, 5.41) is 3.08. The lowest BCUT2D eigenvalue weighted by atomic mass is 9.73. The van der Waals surface area contributed by atoms with Crippen LogP contribution in [0.3, 0.4) is 0 Å². The van der Waals surface area contributed by atoms with Gasteiger partial charge in [0.25, 0.3) is 11.8 Å². The average molecular weight is 691 g/mol. The van der Waals surface area contributed by atoms with Gasteiger partial charge in [0.1, 0.15) is 11.5 Å². The van der Waals surface area contributed by atoms with Gasteiger partial charge in [-0.25, -0.2) is 13.6 Å². The summed E-state index contributed by atoms with van der Waals surface area (Å²) in [5.41, 5.74) is -1.85. The molecule has 44 heavy (non-hydrogen) atoms. The number of rotatable bonds is 5. The Kier molecular flexibility index (Phi) is 7.52. The third kappa shape index (κ3) is 4.78. The summed E-state index contributed by atoms with van der Waals surface area (Å²) < 4.78 is 45.7. The van der Waals surface area contributed by atoms with Crippen LogP contribution in [0.25, 0.3) is 0 Å². The van der Waals surface area contributed by atoms with Crippen molar-refractivity contribution in [1.82, 2.24) is 4.90 Å². The van der Waals surface area contributed by atoms with Crippen LogP contribution in [0.4, 0.5) is 20.2 Å². The summed E-state index contributed by atoms with van der Waals surface area (Å²) in [4.78, 5) is 56.4. The fourth-order valence-corrected chi connectivity index (χ4v) is 7.64. The van der Waals surface area contributed by atoms with Crippen LogP contribution in [0.1, 0.15) is 23.5 Å². The normalized spacial score (nSPS) is 25.2. The molecule has 0 bridgehead atoms. The predicted molar refractivity (Wildman–Crippen MR) is 155 cm³/mol. The number of alkyl halides is 2. The van der Waals surface area contributed by atoms with Crippen LogP contribution in [0.15, 0.2) is 44.0 Å². The highest BCUT2D eigenvalue weighted by atomic mass is 35.5. The van der Waals surface area contributed by atoms with Gasteiger partial charge in [-0.05, 0) is 37.3 Å². The van der Waals surface area contributed by atoms with Gasteiger partial charge in [-0.15, -0.1) is 0 Å². The Balaban J connectivity index is 1.53. The zero-order chi connectivity index (χ0) is 31.9. The van der Waals surface area contributed by atoms with E-state index in [1.54, 1.807) is 0 Å². The van der Waals surface area contributed by atoms with Gasteiger partial charge < -0.3 is 23.8 Å². The number of carbonyl (C=O) groups excluding carboxylic acids is 3. The molecule has 2 fully saturated rings. The molecule has 3 aliphatic heterocycles. The molecule has 10 nitrogen and oxygen atoms in total. The number of fused-ring (bicyclic) bond motifs is 4. The number of amides is 2. The molecule has 0 saturated carbocycles. The molecule has 2 amide bonds. The third-order valence-corrected chi connectivity index (χ3v) is 9.28. The van der Waals surface area contributed by atoms with Crippen molar-refractivity contribution in [3.8, 4) is 0 Å². The fourth-order valence-electron chi connectivity index (χ4n) is 6.58. The molecule has 2 aromatic carbocycles. The van der Waals surface area contributed by atoms with Crippen LogP contribution < -0.4 is 16.0 Å². The van der Waals surface area contributed by atoms with Crippen LogP contribution >= 0.6 is 46.4 Å². The molecule has 232 valence electrons. The molecule has 4 heterocycles. The second-order valence-corrected chi connectivity index (χ2v) is 12.6. The van der Waals surface area contributed by atoms with Crippen LogP contribution in [0, 0.1) is 18.8 Å². The first-order valence-electron chi connectivity index (χ1n) is 13.1. The zero-order valence-corrected chi connectivity index (χ0v) is 25.8. The van der Waals surface area contributed by atoms with Crippen molar-refractivity contribution in [3.63, 3.8) is 0 Å². The topological polar surface area (TPSA) is 122 Å². The van der Waals surface area contributed by atoms with E-state index in [0.29, 0.717) is 0 Å². The van der Waals surface area contributed by atoms with E-state index < -0.39 is 72.5 Å². The minimum atomic E-state index is -3.33. The number of hydrogen-bond donors (Lipinski definition) is 1. The Morgan fingerprint density at radius 3 is 2.36 bits per heavy atom. The van der Waals surface area contributed by atoms with Gasteiger partial charge in [-0.3, -0.25) is 19.3 Å². The molecule has 4 atom stereocenters. The minimum Gasteiger partial charge on any atom is -0.457 e. The maximum Gasteiger partial charge on any atom is 0.519 e. The average Bonchev–Trinajstić information content (AvgIpc) is 3.60. The second kappa shape index (κ2) is 10.7. The number of nitrogens with zero attached hydrogens (tertiary/aromatic N) is 2. The molecule has 1 spiro atoms. The van der Waals surface area contributed by atoms with E-state index in [9.17, 15) is 19.2 Å². The van der Waals surface area contributed by atoms with Crippen molar-refractivity contribution in [2.75, 3.05) is 23.8 Å². The largest absolute Gasteiger partial charge is 0.519 e. The number of esters is 1. The Labute approximate surface area is 267 Å². The predicted octanol–water partition coefficient (Wildman–Crippen LogP) is 5.66. The first-order valence-corrected chi connectivity index (χ1v) is 14.6. The smallest absolute Gasteiger partial charge is 0.457 e. The first-order chi connectivity index (χ1) is 20.6. The summed E-state index contributed by atoms with van der Waals surface area (Å²) >= 11 is 25.1. The minimum absolute atomic E-state index is 0.00334. The standard InChI is InChI=1S/C28H21Cl4F2N3O7/c1-11-19(44-26(41)43-11)9-42-24(39)21-20(23(38)36(2)15-4-12(29)3-13(30)5-15)18-8-27(33,34)10-37(18)28(21)16-6-14(31)7-17(32)22(16)35-25(28)40/h3-7,18,20-21H,8-10H2,1-2H3,(H,35,40)/t18-,20+,21-,28+/m0/s1. The lowest BCUT2D eigenvalue weighted by Gasteiger charge is -2.36. The van der Waals surface area contributed by atoms with Gasteiger partial charge in [-0.1, -0.05) is 46.4 Å². The lowest BCUT2D eigenvalue weighted by molar-refractivity contribution is -0.160. The lowest BCUT2D eigenvalue weighted by Crippen LogP contribution is -2.54. The molecular formula is C28H21Cl4F2N3O7. The van der Waals surface area contributed by atoms with E-state index in [-0.39, 0.29) is 48.5 Å². The molecule has 6 rings (SSSR count). The number of ether oxygens (including phenoxy) is 1. The summed E-state index contributed by atoms with van der Waals surface area (Å²) in [6, 6.07) is 5.70. The monoisotopic (exact) mass is 689 g/mol. The molecule has 0 aliphatic carbocycles. The van der Waals surface area contributed by atoms with Gasteiger partial charge in [0, 0.05) is 45.8 Å². The number of aryl methyl sites for hydroxylation is 1. The summed E-state index contributed by atoms with van der Waals surface area (Å²) in [6.45, 7) is -0.148. The Morgan fingerprint density at radius 1 is 1.07 bits per heavy atom. The van der Waals surface area contributed by atoms with Crippen molar-refractivity contribution < 1.29 is 36.7 Å². The van der Waals surface area contributed by atoms with Gasteiger partial charge in [-0.2, -0.15) is 0 Å². The van der Waals surface area contributed by atoms with Gasteiger partial charge in [0.2, 0.25) is 5.91 Å². The van der Waals surface area contributed by atoms with Gasteiger partial charge >= 0.3 is 11.8 Å². The second-order valence-electron chi connectivity index (χ2n) is 10.9. The van der Waals surface area contributed by atoms with E-state index >= 15 is 8.78 Å². The van der Waals surface area contributed by atoms with Gasteiger partial charge in [0.15, 0.2) is 18.1 Å². The van der Waals surface area contributed by atoms with Crippen LogP contribution in [-0.4, -0.2) is 48.2 Å². The molecule has 16 heteroatoms. The number of halogens is 6. The molecule has 3 aromatic rings. The highest BCUT2D eigenvalue weighted by molar-refractivity contribution is 6.38. The summed E-state index contributed by atoms with van der Waals surface area (Å²) in [7, 11) is 1.37. The Hall–Kier alpha value is -3.16. The van der Waals surface area contributed by atoms with Crippen molar-refractivity contribution >= 4 is 75.6 Å². The highest BCUT2D eigenvalue weighted by Crippen LogP contribution is 2.61. The van der Waals surface area contributed by atoms with Crippen molar-refractivity contribution in [3.05, 3.63) is 78.1 Å². The number of carbonyl (C=O) groups is 3. The number of anilines is 2. The SMILES string of the molecule is Cc1oc(=O)oc1COC(=O)[C@@H]1[C@H](C(=O)N(C)c2cc(Cl)cc(Cl)c2)[C@@H]2CC(F)(F)CN2[C@@]12C(=O)Nc1c(Cl)cc(Cl)cc12. The maximum atomic E-state index is 15.2. The van der Waals surface area contributed by atoms with Crippen molar-refractivity contribution in [2.45, 2.75) is 37.5 Å². The van der Waals surface area contributed by atoms with Crippen LogP contribution in [-0.2, 0) is 31.3 Å². The summed E-state index contributed by atoms with van der Waals surface area (Å²) in [6.07, 6.45) is -0.842. The molecule has 0 radical (unpaired) electrons. The Morgan fingerprint density at radius 2 is 1.73 bits per heavy atom. The van der Waals surface area contributed by atoms with Gasteiger partial charge in [0.05, 0.1) is 23.2 Å². The van der Waals surface area contributed by atoms with Crippen LogP contribution in [0.2, 0.25) is 20.1 Å². The van der Waals surface area contributed by atoms with E-state index in [4.69, 9.17) is 60.0 Å². The number of benzene rings is 2. The van der Waals surface area contributed by atoms with E-state index in [2.05, 4.69) is 5.32 Å².